The second kappa shape index (κ2) is 7.98. The Labute approximate surface area is 163 Å². The summed E-state index contributed by atoms with van der Waals surface area (Å²) in [7, 11) is 0. The van der Waals surface area contributed by atoms with E-state index in [1.54, 1.807) is 30.7 Å². The van der Waals surface area contributed by atoms with Crippen LogP contribution in [-0.2, 0) is 11.2 Å². The molecule has 138 valence electrons. The molecule has 1 amide bonds. The lowest BCUT2D eigenvalue weighted by Gasteiger charge is -2.34. The number of carbonyl (C=O) groups is 1. The average molecular weight is 379 g/mol. The standard InChI is InChI=1S/C21H22N4OS/c1-15(26)25-13-9-18(17-4-2-3-5-20(17)25)23-12-8-21-24-19(14-27-21)16-6-10-22-11-7-16/h2-7,10-11,14,18,23H,8-9,12-13H2,1H3. The number of carbonyl (C=O) groups excluding carboxylic acids is 1. The van der Waals surface area contributed by atoms with Crippen molar-refractivity contribution in [1.29, 1.82) is 0 Å². The minimum atomic E-state index is 0.104. The summed E-state index contributed by atoms with van der Waals surface area (Å²) in [5.74, 6) is 0.104. The Hall–Kier alpha value is -2.57. The number of benzene rings is 1. The molecule has 0 fully saturated rings. The number of hydrogen-bond donors (Lipinski definition) is 1. The monoisotopic (exact) mass is 378 g/mol. The van der Waals surface area contributed by atoms with E-state index in [0.29, 0.717) is 0 Å². The van der Waals surface area contributed by atoms with Crippen molar-refractivity contribution in [3.63, 3.8) is 0 Å². The second-order valence-electron chi connectivity index (χ2n) is 6.64. The summed E-state index contributed by atoms with van der Waals surface area (Å²) in [6, 6.07) is 12.4. The van der Waals surface area contributed by atoms with Gasteiger partial charge in [-0.2, -0.15) is 0 Å². The van der Waals surface area contributed by atoms with Gasteiger partial charge in [-0.15, -0.1) is 11.3 Å². The SMILES string of the molecule is CC(=O)N1CCC(NCCc2nc(-c3ccncc3)cs2)c2ccccc21. The lowest BCUT2D eigenvalue weighted by molar-refractivity contribution is -0.116. The number of amides is 1. The maximum atomic E-state index is 11.9. The summed E-state index contributed by atoms with van der Waals surface area (Å²) in [6.45, 7) is 3.25. The van der Waals surface area contributed by atoms with Gasteiger partial charge in [0.2, 0.25) is 5.91 Å². The minimum Gasteiger partial charge on any atom is -0.312 e. The Kier molecular flexibility index (Phi) is 5.27. The van der Waals surface area contributed by atoms with Crippen molar-refractivity contribution in [3.8, 4) is 11.3 Å². The summed E-state index contributed by atoms with van der Waals surface area (Å²) in [6.07, 6.45) is 5.41. The molecule has 3 heterocycles. The molecule has 27 heavy (non-hydrogen) atoms. The maximum absolute atomic E-state index is 11.9. The van der Waals surface area contributed by atoms with Crippen LogP contribution in [0.1, 0.15) is 30.0 Å². The molecule has 1 atom stereocenters. The molecule has 0 bridgehead atoms. The van der Waals surface area contributed by atoms with Crippen LogP contribution in [0.25, 0.3) is 11.3 Å². The highest BCUT2D eigenvalue weighted by Crippen LogP contribution is 2.33. The number of anilines is 1. The van der Waals surface area contributed by atoms with Crippen molar-refractivity contribution in [3.05, 3.63) is 64.7 Å². The lowest BCUT2D eigenvalue weighted by atomic mass is 9.96. The predicted molar refractivity (Wildman–Crippen MR) is 109 cm³/mol. The number of nitrogens with one attached hydrogen (secondary N) is 1. The molecule has 2 aromatic heterocycles. The smallest absolute Gasteiger partial charge is 0.223 e. The van der Waals surface area contributed by atoms with Crippen LogP contribution >= 0.6 is 11.3 Å². The molecule has 1 aromatic carbocycles. The number of aromatic nitrogens is 2. The molecule has 6 heteroatoms. The van der Waals surface area contributed by atoms with E-state index in [2.05, 4.69) is 21.7 Å². The normalized spacial score (nSPS) is 16.2. The van der Waals surface area contributed by atoms with E-state index in [4.69, 9.17) is 4.98 Å². The van der Waals surface area contributed by atoms with Crippen LogP contribution < -0.4 is 10.2 Å². The third kappa shape index (κ3) is 3.91. The van der Waals surface area contributed by atoms with E-state index >= 15 is 0 Å². The number of fused-ring (bicyclic) bond motifs is 1. The van der Waals surface area contributed by atoms with E-state index in [1.165, 1.54) is 5.56 Å². The summed E-state index contributed by atoms with van der Waals surface area (Å²) < 4.78 is 0. The molecule has 5 nitrogen and oxygen atoms in total. The highest BCUT2D eigenvalue weighted by atomic mass is 32.1. The number of hydrogen-bond acceptors (Lipinski definition) is 5. The van der Waals surface area contributed by atoms with Gasteiger partial charge in [-0.25, -0.2) is 4.98 Å². The van der Waals surface area contributed by atoms with Gasteiger partial charge in [0.15, 0.2) is 0 Å². The van der Waals surface area contributed by atoms with Gasteiger partial charge in [0.05, 0.1) is 10.7 Å². The molecule has 0 radical (unpaired) electrons. The van der Waals surface area contributed by atoms with Crippen LogP contribution in [0.5, 0.6) is 0 Å². The van der Waals surface area contributed by atoms with Gasteiger partial charge in [0.1, 0.15) is 0 Å². The van der Waals surface area contributed by atoms with Crippen molar-refractivity contribution < 1.29 is 4.79 Å². The molecule has 3 aromatic rings. The first-order chi connectivity index (χ1) is 13.2. The molecule has 1 N–H and O–H groups in total. The first-order valence-electron chi connectivity index (χ1n) is 9.17. The third-order valence-electron chi connectivity index (χ3n) is 4.88. The van der Waals surface area contributed by atoms with Gasteiger partial charge in [0.25, 0.3) is 0 Å². The third-order valence-corrected chi connectivity index (χ3v) is 5.79. The quantitative estimate of drug-likeness (QED) is 0.733. The second-order valence-corrected chi connectivity index (χ2v) is 7.58. The molecule has 0 aliphatic carbocycles. The molecule has 0 spiro atoms. The van der Waals surface area contributed by atoms with Crippen LogP contribution in [0, 0.1) is 0 Å². The van der Waals surface area contributed by atoms with Gasteiger partial charge in [0, 0.05) is 61.5 Å². The first-order valence-corrected chi connectivity index (χ1v) is 10.1. The van der Waals surface area contributed by atoms with Crippen LogP contribution in [0.2, 0.25) is 0 Å². The van der Waals surface area contributed by atoms with Gasteiger partial charge in [-0.05, 0) is 30.2 Å². The highest BCUT2D eigenvalue weighted by molar-refractivity contribution is 7.09. The Morgan fingerprint density at radius 1 is 1.26 bits per heavy atom. The van der Waals surface area contributed by atoms with Gasteiger partial charge in [-0.3, -0.25) is 9.78 Å². The Bertz CT molecular complexity index is 925. The molecule has 1 unspecified atom stereocenters. The van der Waals surface area contributed by atoms with Crippen molar-refractivity contribution in [2.24, 2.45) is 0 Å². The van der Waals surface area contributed by atoms with Crippen molar-refractivity contribution >= 4 is 22.9 Å². The molecule has 0 saturated carbocycles. The van der Waals surface area contributed by atoms with Crippen LogP contribution in [-0.4, -0.2) is 29.0 Å². The van der Waals surface area contributed by atoms with Crippen LogP contribution in [0.4, 0.5) is 5.69 Å². The Balaban J connectivity index is 1.39. The summed E-state index contributed by atoms with van der Waals surface area (Å²) in [5.41, 5.74) is 4.35. The number of pyridine rings is 1. The van der Waals surface area contributed by atoms with Gasteiger partial charge >= 0.3 is 0 Å². The van der Waals surface area contributed by atoms with Crippen molar-refractivity contribution in [2.45, 2.75) is 25.8 Å². The van der Waals surface area contributed by atoms with Crippen molar-refractivity contribution in [1.82, 2.24) is 15.3 Å². The van der Waals surface area contributed by atoms with E-state index in [-0.39, 0.29) is 11.9 Å². The summed E-state index contributed by atoms with van der Waals surface area (Å²) >= 11 is 1.70. The molecule has 4 rings (SSSR count). The molecule has 1 aliphatic rings. The fourth-order valence-corrected chi connectivity index (χ4v) is 4.34. The zero-order valence-electron chi connectivity index (χ0n) is 15.3. The largest absolute Gasteiger partial charge is 0.312 e. The number of para-hydroxylation sites is 1. The topological polar surface area (TPSA) is 58.1 Å². The average Bonchev–Trinajstić information content (AvgIpc) is 3.17. The maximum Gasteiger partial charge on any atom is 0.223 e. The Morgan fingerprint density at radius 3 is 2.89 bits per heavy atom. The lowest BCUT2D eigenvalue weighted by Crippen LogP contribution is -2.38. The fourth-order valence-electron chi connectivity index (χ4n) is 3.54. The van der Waals surface area contributed by atoms with Crippen LogP contribution in [0.3, 0.4) is 0 Å². The fraction of sp³-hybridized carbons (Fsp3) is 0.286. The molecule has 0 saturated heterocycles. The highest BCUT2D eigenvalue weighted by Gasteiger charge is 2.26. The Morgan fingerprint density at radius 2 is 2.07 bits per heavy atom. The predicted octanol–water partition coefficient (Wildman–Crippen LogP) is 3.84. The molecule has 1 aliphatic heterocycles. The first kappa shape index (κ1) is 17.8. The zero-order chi connectivity index (χ0) is 18.6. The number of rotatable bonds is 5. The zero-order valence-corrected chi connectivity index (χ0v) is 16.1. The summed E-state index contributed by atoms with van der Waals surface area (Å²) in [5, 5.41) is 6.88. The van der Waals surface area contributed by atoms with Crippen molar-refractivity contribution in [2.75, 3.05) is 18.0 Å². The molecular weight excluding hydrogens is 356 g/mol. The van der Waals surface area contributed by atoms with E-state index in [0.717, 1.165) is 47.9 Å². The van der Waals surface area contributed by atoms with Gasteiger partial charge < -0.3 is 10.2 Å². The number of nitrogens with zero attached hydrogens (tertiary/aromatic N) is 3. The molecular formula is C21H22N4OS. The van der Waals surface area contributed by atoms with Gasteiger partial charge in [-0.1, -0.05) is 18.2 Å². The van der Waals surface area contributed by atoms with E-state index in [9.17, 15) is 4.79 Å². The van der Waals surface area contributed by atoms with E-state index < -0.39 is 0 Å². The summed E-state index contributed by atoms with van der Waals surface area (Å²) in [4.78, 5) is 22.5. The number of thiazole rings is 1. The van der Waals surface area contributed by atoms with Crippen LogP contribution in [0.15, 0.2) is 54.2 Å². The minimum absolute atomic E-state index is 0.104. The van der Waals surface area contributed by atoms with E-state index in [1.807, 2.05) is 35.2 Å².